The first-order valence-corrected chi connectivity index (χ1v) is 5.01. The molecule has 2 aliphatic rings. The molecule has 0 saturated carbocycles. The van der Waals surface area contributed by atoms with Crippen molar-refractivity contribution in [3.63, 3.8) is 0 Å². The number of rotatable bonds is 1. The second kappa shape index (κ2) is 2.97. The molecule has 4 nitrogen and oxygen atoms in total. The molecule has 15 heavy (non-hydrogen) atoms. The highest BCUT2D eigenvalue weighted by Gasteiger charge is 2.37. The standard InChI is InChI=1S/C11H12N2O2/c1-15-8-2-3-9-7(4-8)6-13-10(9)5-11(14)12-13/h2-4,10H,5-6H2,1H3,(H,12,14). The van der Waals surface area contributed by atoms with Gasteiger partial charge >= 0.3 is 0 Å². The van der Waals surface area contributed by atoms with Gasteiger partial charge in [0.25, 0.3) is 0 Å². The lowest BCUT2D eigenvalue weighted by molar-refractivity contribution is -0.121. The van der Waals surface area contributed by atoms with Crippen LogP contribution in [0.3, 0.4) is 0 Å². The molecule has 1 aromatic rings. The van der Waals surface area contributed by atoms with Crippen molar-refractivity contribution < 1.29 is 9.53 Å². The zero-order valence-corrected chi connectivity index (χ0v) is 8.49. The molecule has 0 spiro atoms. The highest BCUT2D eigenvalue weighted by Crippen LogP contribution is 2.38. The zero-order chi connectivity index (χ0) is 10.4. The van der Waals surface area contributed by atoms with E-state index in [1.165, 1.54) is 11.1 Å². The molecule has 2 aliphatic heterocycles. The Kier molecular flexibility index (Phi) is 1.73. The SMILES string of the molecule is COc1ccc2c(c1)CN1NC(=O)CC21. The highest BCUT2D eigenvalue weighted by molar-refractivity contribution is 5.79. The minimum atomic E-state index is 0.112. The fraction of sp³-hybridized carbons (Fsp3) is 0.364. The predicted molar refractivity (Wildman–Crippen MR) is 54.0 cm³/mol. The number of nitrogens with one attached hydrogen (secondary N) is 1. The smallest absolute Gasteiger partial charge is 0.236 e. The number of amides is 1. The van der Waals surface area contributed by atoms with Gasteiger partial charge in [0.05, 0.1) is 13.2 Å². The Morgan fingerprint density at radius 3 is 3.20 bits per heavy atom. The number of carbonyl (C=O) groups excluding carboxylic acids is 1. The number of carbonyl (C=O) groups is 1. The number of methoxy groups -OCH3 is 1. The Bertz CT molecular complexity index is 431. The van der Waals surface area contributed by atoms with E-state index < -0.39 is 0 Å². The molecule has 4 heteroatoms. The monoisotopic (exact) mass is 204 g/mol. The van der Waals surface area contributed by atoms with Crippen LogP contribution in [0.1, 0.15) is 23.6 Å². The highest BCUT2D eigenvalue weighted by atomic mass is 16.5. The summed E-state index contributed by atoms with van der Waals surface area (Å²) in [6.45, 7) is 0.781. The predicted octanol–water partition coefficient (Wildman–Crippen LogP) is 0.987. The van der Waals surface area contributed by atoms with Crippen molar-refractivity contribution >= 4 is 5.91 Å². The summed E-state index contributed by atoms with van der Waals surface area (Å²) in [7, 11) is 1.67. The van der Waals surface area contributed by atoms with Gasteiger partial charge in [0.15, 0.2) is 0 Å². The average molecular weight is 204 g/mol. The van der Waals surface area contributed by atoms with Crippen LogP contribution in [0.5, 0.6) is 5.75 Å². The van der Waals surface area contributed by atoms with Gasteiger partial charge in [-0.2, -0.15) is 0 Å². The molecule has 78 valence electrons. The van der Waals surface area contributed by atoms with E-state index in [2.05, 4.69) is 11.5 Å². The van der Waals surface area contributed by atoms with Crippen LogP contribution in [0, 0.1) is 0 Å². The van der Waals surface area contributed by atoms with Crippen LogP contribution < -0.4 is 10.2 Å². The molecule has 1 aromatic carbocycles. The van der Waals surface area contributed by atoms with Gasteiger partial charge in [-0.25, -0.2) is 5.01 Å². The van der Waals surface area contributed by atoms with E-state index in [0.717, 1.165) is 12.3 Å². The van der Waals surface area contributed by atoms with Crippen LogP contribution in [0.2, 0.25) is 0 Å². The number of hydrazine groups is 1. The molecule has 0 aromatic heterocycles. The number of fused-ring (bicyclic) bond motifs is 3. The van der Waals surface area contributed by atoms with Gasteiger partial charge < -0.3 is 4.74 Å². The summed E-state index contributed by atoms with van der Waals surface area (Å²) < 4.78 is 5.18. The van der Waals surface area contributed by atoms with Gasteiger partial charge in [-0.3, -0.25) is 10.2 Å². The van der Waals surface area contributed by atoms with E-state index >= 15 is 0 Å². The third-order valence-corrected chi connectivity index (χ3v) is 3.07. The maximum atomic E-state index is 11.2. The van der Waals surface area contributed by atoms with Gasteiger partial charge in [-0.15, -0.1) is 0 Å². The third kappa shape index (κ3) is 1.22. The molecular formula is C11H12N2O2. The minimum Gasteiger partial charge on any atom is -0.497 e. The first-order valence-electron chi connectivity index (χ1n) is 5.01. The van der Waals surface area contributed by atoms with Crippen LogP contribution in [-0.2, 0) is 11.3 Å². The largest absolute Gasteiger partial charge is 0.497 e. The molecular weight excluding hydrogens is 192 g/mol. The molecule has 1 atom stereocenters. The Hall–Kier alpha value is -1.55. The Balaban J connectivity index is 2.00. The molecule has 3 rings (SSSR count). The molecule has 1 fully saturated rings. The Morgan fingerprint density at radius 1 is 1.53 bits per heavy atom. The molecule has 1 unspecified atom stereocenters. The molecule has 2 heterocycles. The normalized spacial score (nSPS) is 23.5. The second-order valence-electron chi connectivity index (χ2n) is 3.95. The van der Waals surface area contributed by atoms with Gasteiger partial charge in [-0.05, 0) is 23.3 Å². The first-order chi connectivity index (χ1) is 7.28. The zero-order valence-electron chi connectivity index (χ0n) is 8.49. The molecule has 0 aliphatic carbocycles. The second-order valence-corrected chi connectivity index (χ2v) is 3.95. The number of nitrogens with zero attached hydrogens (tertiary/aromatic N) is 1. The fourth-order valence-corrected chi connectivity index (χ4v) is 2.35. The van der Waals surface area contributed by atoms with Crippen LogP contribution in [0.4, 0.5) is 0 Å². The van der Waals surface area contributed by atoms with E-state index in [1.54, 1.807) is 7.11 Å². The summed E-state index contributed by atoms with van der Waals surface area (Å²) >= 11 is 0. The van der Waals surface area contributed by atoms with Crippen LogP contribution >= 0.6 is 0 Å². The van der Waals surface area contributed by atoms with E-state index in [9.17, 15) is 4.79 Å². The summed E-state index contributed by atoms with van der Waals surface area (Å²) in [6.07, 6.45) is 0.569. The lowest BCUT2D eigenvalue weighted by Gasteiger charge is -2.12. The number of benzene rings is 1. The number of hydrogen-bond acceptors (Lipinski definition) is 3. The molecule has 1 amide bonds. The van der Waals surface area contributed by atoms with Crippen LogP contribution in [-0.4, -0.2) is 18.0 Å². The summed E-state index contributed by atoms with van der Waals surface area (Å²) in [4.78, 5) is 11.2. The summed E-state index contributed by atoms with van der Waals surface area (Å²) in [5, 5.41) is 1.99. The fourth-order valence-electron chi connectivity index (χ4n) is 2.35. The van der Waals surface area contributed by atoms with Gasteiger partial charge in [0.1, 0.15) is 5.75 Å². The molecule has 0 radical (unpaired) electrons. The number of ether oxygens (including phenoxy) is 1. The quantitative estimate of drug-likeness (QED) is 0.741. The van der Waals surface area contributed by atoms with Crippen molar-refractivity contribution in [3.8, 4) is 5.75 Å². The Morgan fingerprint density at radius 2 is 2.40 bits per heavy atom. The lowest BCUT2D eigenvalue weighted by atomic mass is 10.0. The maximum Gasteiger partial charge on any atom is 0.236 e. The topological polar surface area (TPSA) is 41.6 Å². The molecule has 1 saturated heterocycles. The van der Waals surface area contributed by atoms with Crippen molar-refractivity contribution in [1.29, 1.82) is 0 Å². The van der Waals surface area contributed by atoms with Crippen molar-refractivity contribution in [2.24, 2.45) is 0 Å². The summed E-state index contributed by atoms with van der Waals surface area (Å²) in [5.41, 5.74) is 5.35. The van der Waals surface area contributed by atoms with Crippen LogP contribution in [0.15, 0.2) is 18.2 Å². The van der Waals surface area contributed by atoms with Gasteiger partial charge in [-0.1, -0.05) is 6.07 Å². The van der Waals surface area contributed by atoms with Crippen molar-refractivity contribution in [1.82, 2.24) is 10.4 Å². The maximum absolute atomic E-state index is 11.2. The summed E-state index contributed by atoms with van der Waals surface area (Å²) in [5.74, 6) is 0.989. The van der Waals surface area contributed by atoms with E-state index in [4.69, 9.17) is 4.74 Å². The van der Waals surface area contributed by atoms with Crippen LogP contribution in [0.25, 0.3) is 0 Å². The van der Waals surface area contributed by atoms with Crippen molar-refractivity contribution in [3.05, 3.63) is 29.3 Å². The summed E-state index contributed by atoms with van der Waals surface area (Å²) in [6, 6.07) is 6.27. The lowest BCUT2D eigenvalue weighted by Crippen LogP contribution is -2.30. The number of hydrogen-bond donors (Lipinski definition) is 1. The van der Waals surface area contributed by atoms with Gasteiger partial charge in [0, 0.05) is 13.0 Å². The van der Waals surface area contributed by atoms with Crippen molar-refractivity contribution in [2.75, 3.05) is 7.11 Å². The first kappa shape index (κ1) is 8.73. The van der Waals surface area contributed by atoms with Gasteiger partial charge in [0.2, 0.25) is 5.91 Å². The minimum absolute atomic E-state index is 0.112. The molecule has 1 N–H and O–H groups in total. The van der Waals surface area contributed by atoms with Crippen molar-refractivity contribution in [2.45, 2.75) is 19.0 Å². The van der Waals surface area contributed by atoms with E-state index in [-0.39, 0.29) is 11.9 Å². The van der Waals surface area contributed by atoms with E-state index in [0.29, 0.717) is 6.42 Å². The van der Waals surface area contributed by atoms with E-state index in [1.807, 2.05) is 17.1 Å². The average Bonchev–Trinajstić information content (AvgIpc) is 2.72. The molecule has 0 bridgehead atoms. The third-order valence-electron chi connectivity index (χ3n) is 3.07. The Labute approximate surface area is 87.8 Å².